The molecular formula is C11H16FNO. The molecular weight excluding hydrogens is 181 g/mol. The van der Waals surface area contributed by atoms with Crippen molar-refractivity contribution in [3.05, 3.63) is 35.1 Å². The summed E-state index contributed by atoms with van der Waals surface area (Å²) in [5, 5.41) is 9.33. The van der Waals surface area contributed by atoms with Gasteiger partial charge in [0.25, 0.3) is 0 Å². The third-order valence-electron chi connectivity index (χ3n) is 2.38. The highest BCUT2D eigenvalue weighted by Gasteiger charge is 2.18. The first-order valence-corrected chi connectivity index (χ1v) is 4.78. The van der Waals surface area contributed by atoms with Crippen molar-refractivity contribution in [3.63, 3.8) is 0 Å². The Kier molecular flexibility index (Phi) is 3.61. The molecule has 0 aliphatic carbocycles. The van der Waals surface area contributed by atoms with E-state index in [0.717, 1.165) is 5.56 Å². The van der Waals surface area contributed by atoms with Crippen LogP contribution in [0.1, 0.15) is 31.0 Å². The second kappa shape index (κ2) is 4.53. The van der Waals surface area contributed by atoms with Crippen LogP contribution in [-0.2, 0) is 6.42 Å². The van der Waals surface area contributed by atoms with Crippen molar-refractivity contribution in [2.45, 2.75) is 32.4 Å². The molecule has 0 heterocycles. The molecule has 0 aliphatic rings. The van der Waals surface area contributed by atoms with Gasteiger partial charge in [-0.15, -0.1) is 0 Å². The first kappa shape index (κ1) is 11.1. The van der Waals surface area contributed by atoms with Gasteiger partial charge in [-0.1, -0.05) is 19.1 Å². The van der Waals surface area contributed by atoms with E-state index in [1.807, 2.05) is 13.0 Å². The lowest BCUT2D eigenvalue weighted by atomic mass is 9.95. The molecule has 0 amide bonds. The minimum atomic E-state index is -0.739. The zero-order valence-electron chi connectivity index (χ0n) is 8.50. The maximum Gasteiger partial charge on any atom is 0.128 e. The zero-order valence-corrected chi connectivity index (χ0v) is 8.50. The van der Waals surface area contributed by atoms with Crippen molar-refractivity contribution in [1.82, 2.24) is 0 Å². The first-order valence-electron chi connectivity index (χ1n) is 4.78. The van der Waals surface area contributed by atoms with Crippen LogP contribution in [0.3, 0.4) is 0 Å². The summed E-state index contributed by atoms with van der Waals surface area (Å²) >= 11 is 0. The second-order valence-electron chi connectivity index (χ2n) is 3.43. The monoisotopic (exact) mass is 197 g/mol. The van der Waals surface area contributed by atoms with Crippen LogP contribution in [0.5, 0.6) is 0 Å². The van der Waals surface area contributed by atoms with E-state index in [-0.39, 0.29) is 5.82 Å². The summed E-state index contributed by atoms with van der Waals surface area (Å²) < 4.78 is 13.5. The Bertz CT molecular complexity index is 312. The van der Waals surface area contributed by atoms with Crippen LogP contribution in [0.2, 0.25) is 0 Å². The smallest absolute Gasteiger partial charge is 0.128 e. The van der Waals surface area contributed by atoms with Gasteiger partial charge >= 0.3 is 0 Å². The number of aliphatic hydroxyl groups is 1. The fourth-order valence-corrected chi connectivity index (χ4v) is 1.50. The lowest BCUT2D eigenvalue weighted by Gasteiger charge is -2.19. The Hall–Kier alpha value is -0.930. The number of rotatable bonds is 3. The lowest BCUT2D eigenvalue weighted by molar-refractivity contribution is 0.162. The summed E-state index contributed by atoms with van der Waals surface area (Å²) in [5.41, 5.74) is 7.02. The lowest BCUT2D eigenvalue weighted by Crippen LogP contribution is -2.25. The first-order chi connectivity index (χ1) is 6.57. The van der Waals surface area contributed by atoms with Gasteiger partial charge < -0.3 is 10.8 Å². The van der Waals surface area contributed by atoms with E-state index in [9.17, 15) is 9.50 Å². The number of hydrogen-bond donors (Lipinski definition) is 2. The van der Waals surface area contributed by atoms with Gasteiger partial charge in [0.1, 0.15) is 5.82 Å². The Labute approximate surface area is 83.6 Å². The standard InChI is InChI=1S/C11H16FNO/c1-3-8-5-4-6-9(12)10(8)11(13)7(2)14/h4-7,11,14H,3,13H2,1-2H3/t7-,11-/m0/s1. The topological polar surface area (TPSA) is 46.2 Å². The van der Waals surface area contributed by atoms with E-state index in [1.54, 1.807) is 13.0 Å². The van der Waals surface area contributed by atoms with Crippen molar-refractivity contribution in [2.75, 3.05) is 0 Å². The molecule has 2 nitrogen and oxygen atoms in total. The molecule has 1 aromatic rings. The predicted molar refractivity (Wildman–Crippen MR) is 54.4 cm³/mol. The van der Waals surface area contributed by atoms with Crippen LogP contribution < -0.4 is 5.73 Å². The van der Waals surface area contributed by atoms with Crippen molar-refractivity contribution in [1.29, 1.82) is 0 Å². The van der Waals surface area contributed by atoms with Crippen LogP contribution >= 0.6 is 0 Å². The molecule has 14 heavy (non-hydrogen) atoms. The molecule has 0 aliphatic heterocycles. The fraction of sp³-hybridized carbons (Fsp3) is 0.455. The summed E-state index contributed by atoms with van der Waals surface area (Å²) in [5.74, 6) is -0.335. The van der Waals surface area contributed by atoms with Crippen molar-refractivity contribution in [3.8, 4) is 0 Å². The molecule has 1 aromatic carbocycles. The van der Waals surface area contributed by atoms with E-state index >= 15 is 0 Å². The molecule has 3 N–H and O–H groups in total. The maximum atomic E-state index is 13.5. The van der Waals surface area contributed by atoms with Gasteiger partial charge in [0.2, 0.25) is 0 Å². The average molecular weight is 197 g/mol. The van der Waals surface area contributed by atoms with Gasteiger partial charge in [-0.3, -0.25) is 0 Å². The summed E-state index contributed by atoms with van der Waals surface area (Å²) in [4.78, 5) is 0. The number of aliphatic hydroxyl groups excluding tert-OH is 1. The number of hydrogen-bond acceptors (Lipinski definition) is 2. The predicted octanol–water partition coefficient (Wildman–Crippen LogP) is 1.77. The number of benzene rings is 1. The highest BCUT2D eigenvalue weighted by Crippen LogP contribution is 2.22. The van der Waals surface area contributed by atoms with E-state index in [4.69, 9.17) is 5.73 Å². The van der Waals surface area contributed by atoms with Crippen LogP contribution in [0.15, 0.2) is 18.2 Å². The number of halogens is 1. The minimum absolute atomic E-state index is 0.335. The average Bonchev–Trinajstić information content (AvgIpc) is 2.16. The largest absolute Gasteiger partial charge is 0.391 e. The van der Waals surface area contributed by atoms with Gasteiger partial charge in [0, 0.05) is 5.56 Å². The highest BCUT2D eigenvalue weighted by atomic mass is 19.1. The molecule has 0 saturated carbocycles. The van der Waals surface area contributed by atoms with Crippen LogP contribution in [0.4, 0.5) is 4.39 Å². The Morgan fingerprint density at radius 2 is 2.14 bits per heavy atom. The third-order valence-corrected chi connectivity index (χ3v) is 2.38. The molecule has 0 bridgehead atoms. The van der Waals surface area contributed by atoms with E-state index in [2.05, 4.69) is 0 Å². The number of nitrogens with two attached hydrogens (primary N) is 1. The van der Waals surface area contributed by atoms with Crippen molar-refractivity contribution >= 4 is 0 Å². The Morgan fingerprint density at radius 3 is 2.64 bits per heavy atom. The van der Waals surface area contributed by atoms with E-state index in [1.165, 1.54) is 6.07 Å². The third kappa shape index (κ3) is 2.11. The van der Waals surface area contributed by atoms with Crippen LogP contribution in [0.25, 0.3) is 0 Å². The summed E-state index contributed by atoms with van der Waals surface area (Å²) in [6.45, 7) is 3.50. The van der Waals surface area contributed by atoms with Gasteiger partial charge in [-0.05, 0) is 25.0 Å². The molecule has 0 saturated heterocycles. The zero-order chi connectivity index (χ0) is 10.7. The quantitative estimate of drug-likeness (QED) is 0.775. The van der Waals surface area contributed by atoms with Gasteiger partial charge in [-0.25, -0.2) is 4.39 Å². The van der Waals surface area contributed by atoms with Gasteiger partial charge in [0.15, 0.2) is 0 Å². The summed E-state index contributed by atoms with van der Waals surface area (Å²) in [6.07, 6.45) is -0.0229. The van der Waals surface area contributed by atoms with E-state index < -0.39 is 12.1 Å². The second-order valence-corrected chi connectivity index (χ2v) is 3.43. The Balaban J connectivity index is 3.16. The molecule has 0 unspecified atom stereocenters. The Morgan fingerprint density at radius 1 is 1.50 bits per heavy atom. The molecule has 2 atom stereocenters. The molecule has 0 aromatic heterocycles. The maximum absolute atomic E-state index is 13.5. The molecule has 3 heteroatoms. The van der Waals surface area contributed by atoms with Gasteiger partial charge in [0.05, 0.1) is 12.1 Å². The summed E-state index contributed by atoms with van der Waals surface area (Å²) in [7, 11) is 0. The van der Waals surface area contributed by atoms with Crippen molar-refractivity contribution in [2.24, 2.45) is 5.73 Å². The number of aryl methyl sites for hydroxylation is 1. The van der Waals surface area contributed by atoms with Crippen molar-refractivity contribution < 1.29 is 9.50 Å². The summed E-state index contributed by atoms with van der Waals surface area (Å²) in [6, 6.07) is 4.22. The normalized spacial score (nSPS) is 15.2. The molecule has 0 radical (unpaired) electrons. The molecule has 0 fully saturated rings. The van der Waals surface area contributed by atoms with Crippen LogP contribution in [0, 0.1) is 5.82 Å². The minimum Gasteiger partial charge on any atom is -0.391 e. The SMILES string of the molecule is CCc1cccc(F)c1[C@@H](N)[C@H](C)O. The molecule has 1 rings (SSSR count). The fourth-order valence-electron chi connectivity index (χ4n) is 1.50. The molecule has 78 valence electrons. The van der Waals surface area contributed by atoms with Crippen LogP contribution in [-0.4, -0.2) is 11.2 Å². The van der Waals surface area contributed by atoms with E-state index in [0.29, 0.717) is 12.0 Å². The highest BCUT2D eigenvalue weighted by molar-refractivity contribution is 5.31. The molecule has 0 spiro atoms. The van der Waals surface area contributed by atoms with Gasteiger partial charge in [-0.2, -0.15) is 0 Å².